The average molecular weight is 301 g/mol. The molecule has 0 bridgehead atoms. The highest BCUT2D eigenvalue weighted by atomic mass is 32.2. The second-order valence-corrected chi connectivity index (χ2v) is 6.05. The van der Waals surface area contributed by atoms with E-state index in [-0.39, 0.29) is 0 Å². The molecule has 0 aliphatic heterocycles. The number of rotatable bonds is 7. The van der Waals surface area contributed by atoms with E-state index in [9.17, 15) is 0 Å². The van der Waals surface area contributed by atoms with Crippen molar-refractivity contribution in [2.24, 2.45) is 0 Å². The van der Waals surface area contributed by atoms with E-state index in [1.807, 2.05) is 23.9 Å². The lowest BCUT2D eigenvalue weighted by Crippen LogP contribution is -2.23. The van der Waals surface area contributed by atoms with Gasteiger partial charge in [0.15, 0.2) is 0 Å². The third-order valence-corrected chi connectivity index (χ3v) is 4.56. The summed E-state index contributed by atoms with van der Waals surface area (Å²) in [5.41, 5.74) is 2.73. The minimum Gasteiger partial charge on any atom is -0.497 e. The summed E-state index contributed by atoms with van der Waals surface area (Å²) in [6.45, 7) is 5.30. The van der Waals surface area contributed by atoms with Gasteiger partial charge in [-0.1, -0.05) is 37.3 Å². The van der Waals surface area contributed by atoms with Crippen LogP contribution >= 0.6 is 11.8 Å². The zero-order valence-electron chi connectivity index (χ0n) is 12.9. The van der Waals surface area contributed by atoms with Crippen LogP contribution < -0.4 is 10.1 Å². The molecule has 0 spiro atoms. The molecule has 21 heavy (non-hydrogen) atoms. The Kier molecular flexibility index (Phi) is 6.15. The normalized spacial score (nSPS) is 12.1. The van der Waals surface area contributed by atoms with Crippen LogP contribution in [0.2, 0.25) is 0 Å². The number of hydrogen-bond acceptors (Lipinski definition) is 3. The Balaban J connectivity index is 2.08. The SMILES string of the molecule is CCNC(CSc1cccc(OC)c1)c1ccccc1C. The van der Waals surface area contributed by atoms with Gasteiger partial charge in [0.25, 0.3) is 0 Å². The van der Waals surface area contributed by atoms with Crippen LogP contribution in [0.3, 0.4) is 0 Å². The van der Waals surface area contributed by atoms with Gasteiger partial charge < -0.3 is 10.1 Å². The maximum atomic E-state index is 5.28. The van der Waals surface area contributed by atoms with Crippen molar-refractivity contribution in [2.45, 2.75) is 24.8 Å². The Morgan fingerprint density at radius 1 is 1.14 bits per heavy atom. The van der Waals surface area contributed by atoms with Crippen LogP contribution in [0, 0.1) is 6.92 Å². The van der Waals surface area contributed by atoms with Crippen molar-refractivity contribution >= 4 is 11.8 Å². The molecular weight excluding hydrogens is 278 g/mol. The van der Waals surface area contributed by atoms with Gasteiger partial charge in [0.05, 0.1) is 7.11 Å². The summed E-state index contributed by atoms with van der Waals surface area (Å²) in [5, 5.41) is 3.59. The van der Waals surface area contributed by atoms with E-state index in [1.54, 1.807) is 7.11 Å². The number of benzene rings is 2. The summed E-state index contributed by atoms with van der Waals surface area (Å²) in [4.78, 5) is 1.24. The number of aryl methyl sites for hydroxylation is 1. The van der Waals surface area contributed by atoms with Gasteiger partial charge in [0.1, 0.15) is 5.75 Å². The lowest BCUT2D eigenvalue weighted by Gasteiger charge is -2.20. The predicted molar refractivity (Wildman–Crippen MR) is 91.3 cm³/mol. The number of nitrogens with one attached hydrogen (secondary N) is 1. The van der Waals surface area contributed by atoms with Crippen molar-refractivity contribution < 1.29 is 4.74 Å². The minimum absolute atomic E-state index is 0.368. The Morgan fingerprint density at radius 3 is 2.67 bits per heavy atom. The first-order valence-corrected chi connectivity index (χ1v) is 8.29. The second-order valence-electron chi connectivity index (χ2n) is 4.96. The first-order valence-electron chi connectivity index (χ1n) is 7.30. The number of ether oxygens (including phenoxy) is 1. The fourth-order valence-electron chi connectivity index (χ4n) is 2.35. The predicted octanol–water partition coefficient (Wildman–Crippen LogP) is 4.45. The van der Waals surface area contributed by atoms with E-state index in [1.165, 1.54) is 16.0 Å². The van der Waals surface area contributed by atoms with E-state index in [4.69, 9.17) is 4.74 Å². The fraction of sp³-hybridized carbons (Fsp3) is 0.333. The van der Waals surface area contributed by atoms with Gasteiger partial charge in [-0.2, -0.15) is 0 Å². The molecule has 0 fully saturated rings. The largest absolute Gasteiger partial charge is 0.497 e. The van der Waals surface area contributed by atoms with Crippen molar-refractivity contribution in [1.82, 2.24) is 5.32 Å². The Bertz CT molecular complexity index is 571. The first kappa shape index (κ1) is 15.9. The minimum atomic E-state index is 0.368. The summed E-state index contributed by atoms with van der Waals surface area (Å²) >= 11 is 1.86. The van der Waals surface area contributed by atoms with Crippen LogP contribution in [0.4, 0.5) is 0 Å². The van der Waals surface area contributed by atoms with Crippen molar-refractivity contribution in [1.29, 1.82) is 0 Å². The molecule has 1 unspecified atom stereocenters. The number of thioether (sulfide) groups is 1. The molecule has 0 aromatic heterocycles. The van der Waals surface area contributed by atoms with Gasteiger partial charge in [-0.15, -0.1) is 11.8 Å². The zero-order chi connectivity index (χ0) is 15.1. The Morgan fingerprint density at radius 2 is 1.95 bits per heavy atom. The molecule has 3 heteroatoms. The average Bonchev–Trinajstić information content (AvgIpc) is 2.52. The number of methoxy groups -OCH3 is 1. The first-order chi connectivity index (χ1) is 10.2. The second kappa shape index (κ2) is 8.11. The lowest BCUT2D eigenvalue weighted by atomic mass is 10.0. The Hall–Kier alpha value is -1.45. The van der Waals surface area contributed by atoms with E-state index in [2.05, 4.69) is 55.6 Å². The van der Waals surface area contributed by atoms with Crippen LogP contribution in [0.15, 0.2) is 53.4 Å². The van der Waals surface area contributed by atoms with Gasteiger partial charge in [0.2, 0.25) is 0 Å². The van der Waals surface area contributed by atoms with Gasteiger partial charge in [-0.05, 0) is 42.8 Å². The molecule has 0 amide bonds. The van der Waals surface area contributed by atoms with Crippen molar-refractivity contribution in [3.8, 4) is 5.75 Å². The molecule has 0 aliphatic carbocycles. The molecule has 0 saturated carbocycles. The molecule has 0 aliphatic rings. The highest BCUT2D eigenvalue weighted by Gasteiger charge is 2.12. The smallest absolute Gasteiger partial charge is 0.119 e. The quantitative estimate of drug-likeness (QED) is 0.764. The van der Waals surface area contributed by atoms with E-state index in [0.29, 0.717) is 6.04 Å². The van der Waals surface area contributed by atoms with Crippen LogP contribution in [0.25, 0.3) is 0 Å². The summed E-state index contributed by atoms with van der Waals surface area (Å²) in [6, 6.07) is 17.2. The van der Waals surface area contributed by atoms with Gasteiger partial charge in [-0.25, -0.2) is 0 Å². The van der Waals surface area contributed by atoms with E-state index in [0.717, 1.165) is 18.0 Å². The van der Waals surface area contributed by atoms with Gasteiger partial charge in [0, 0.05) is 16.7 Å². The van der Waals surface area contributed by atoms with Crippen LogP contribution in [0.1, 0.15) is 24.1 Å². The maximum Gasteiger partial charge on any atom is 0.119 e. The van der Waals surface area contributed by atoms with Crippen LogP contribution in [0.5, 0.6) is 5.75 Å². The van der Waals surface area contributed by atoms with Crippen LogP contribution in [-0.4, -0.2) is 19.4 Å². The highest BCUT2D eigenvalue weighted by molar-refractivity contribution is 7.99. The molecular formula is C18H23NOS. The Labute approximate surface area is 131 Å². The monoisotopic (exact) mass is 301 g/mol. The molecule has 2 aromatic rings. The summed E-state index contributed by atoms with van der Waals surface area (Å²) < 4.78 is 5.28. The highest BCUT2D eigenvalue weighted by Crippen LogP contribution is 2.28. The lowest BCUT2D eigenvalue weighted by molar-refractivity contribution is 0.413. The van der Waals surface area contributed by atoms with Gasteiger partial charge >= 0.3 is 0 Å². The molecule has 1 atom stereocenters. The van der Waals surface area contributed by atoms with E-state index >= 15 is 0 Å². The zero-order valence-corrected chi connectivity index (χ0v) is 13.7. The molecule has 1 N–H and O–H groups in total. The maximum absolute atomic E-state index is 5.28. The van der Waals surface area contributed by atoms with Crippen molar-refractivity contribution in [2.75, 3.05) is 19.4 Å². The van der Waals surface area contributed by atoms with Crippen molar-refractivity contribution in [3.05, 3.63) is 59.7 Å². The fourth-order valence-corrected chi connectivity index (χ4v) is 3.38. The van der Waals surface area contributed by atoms with E-state index < -0.39 is 0 Å². The number of hydrogen-bond donors (Lipinski definition) is 1. The summed E-state index contributed by atoms with van der Waals surface area (Å²) in [6.07, 6.45) is 0. The summed E-state index contributed by atoms with van der Waals surface area (Å²) in [7, 11) is 1.71. The molecule has 2 rings (SSSR count). The molecule has 0 radical (unpaired) electrons. The topological polar surface area (TPSA) is 21.3 Å². The molecule has 0 heterocycles. The third-order valence-electron chi connectivity index (χ3n) is 3.47. The molecule has 2 aromatic carbocycles. The third kappa shape index (κ3) is 4.51. The molecule has 2 nitrogen and oxygen atoms in total. The van der Waals surface area contributed by atoms with Gasteiger partial charge in [-0.3, -0.25) is 0 Å². The van der Waals surface area contributed by atoms with Crippen molar-refractivity contribution in [3.63, 3.8) is 0 Å². The summed E-state index contributed by atoms with van der Waals surface area (Å²) in [5.74, 6) is 1.92. The van der Waals surface area contributed by atoms with Crippen LogP contribution in [-0.2, 0) is 0 Å². The standard InChI is InChI=1S/C18H23NOS/c1-4-19-18(17-11-6-5-8-14(17)2)13-21-16-10-7-9-15(12-16)20-3/h5-12,18-19H,4,13H2,1-3H3. The molecule has 112 valence electrons. The molecule has 0 saturated heterocycles.